The molecule has 0 radical (unpaired) electrons. The minimum atomic E-state index is -0.510. The lowest BCUT2D eigenvalue weighted by Crippen LogP contribution is -2.42. The Bertz CT molecular complexity index is 505. The molecule has 0 rings (SSSR count). The number of nitrogens with one attached hydrogen (secondary N) is 3. The van der Waals surface area contributed by atoms with Crippen LogP contribution in [0.5, 0.6) is 0 Å². The molecular weight excluding hydrogens is 400 g/mol. The van der Waals surface area contributed by atoms with Gasteiger partial charge in [0.1, 0.15) is 5.78 Å². The van der Waals surface area contributed by atoms with Crippen LogP contribution in [-0.4, -0.2) is 103 Å². The maximum absolute atomic E-state index is 11.6. The highest BCUT2D eigenvalue weighted by Crippen LogP contribution is 1.86. The molecule has 0 bridgehead atoms. The first-order valence-corrected chi connectivity index (χ1v) is 9.76. The van der Waals surface area contributed by atoms with Crippen molar-refractivity contribution in [1.82, 2.24) is 16.0 Å². The van der Waals surface area contributed by atoms with Gasteiger partial charge in [0.2, 0.25) is 17.7 Å². The Balaban J connectivity index is 3.42. The van der Waals surface area contributed by atoms with E-state index in [-0.39, 0.29) is 44.4 Å². The first kappa shape index (κ1) is 27.9. The Labute approximate surface area is 176 Å². The fourth-order valence-corrected chi connectivity index (χ4v) is 1.80. The summed E-state index contributed by atoms with van der Waals surface area (Å²) in [5, 5.41) is 7.09. The van der Waals surface area contributed by atoms with E-state index >= 15 is 0 Å². The van der Waals surface area contributed by atoms with E-state index in [4.69, 9.17) is 24.7 Å². The molecule has 5 N–H and O–H groups in total. The summed E-state index contributed by atoms with van der Waals surface area (Å²) < 4.78 is 21.0. The van der Waals surface area contributed by atoms with Gasteiger partial charge in [-0.3, -0.25) is 19.2 Å². The van der Waals surface area contributed by atoms with Gasteiger partial charge >= 0.3 is 0 Å². The number of carbonyl (C=O) groups excluding carboxylic acids is 4. The zero-order valence-corrected chi connectivity index (χ0v) is 17.5. The second kappa shape index (κ2) is 20.2. The normalized spacial score (nSPS) is 10.5. The van der Waals surface area contributed by atoms with Crippen LogP contribution in [0.2, 0.25) is 0 Å². The van der Waals surface area contributed by atoms with E-state index in [9.17, 15) is 19.2 Å². The quantitative estimate of drug-likeness (QED) is 0.149. The van der Waals surface area contributed by atoms with Crippen LogP contribution in [0.15, 0.2) is 0 Å². The molecule has 30 heavy (non-hydrogen) atoms. The predicted octanol–water partition coefficient (Wildman–Crippen LogP) is -2.66. The molecule has 0 fully saturated rings. The maximum atomic E-state index is 11.6. The number of ether oxygens (including phenoxy) is 4. The Kier molecular flexibility index (Phi) is 18.7. The van der Waals surface area contributed by atoms with Gasteiger partial charge in [0.05, 0.1) is 72.5 Å². The average molecular weight is 434 g/mol. The van der Waals surface area contributed by atoms with Crippen molar-refractivity contribution in [3.05, 3.63) is 0 Å². The van der Waals surface area contributed by atoms with E-state index in [0.29, 0.717) is 52.8 Å². The number of Topliss-reactive ketones (excluding diaryl/α,β-unsaturated/α-hetero) is 1. The van der Waals surface area contributed by atoms with Crippen LogP contribution in [0.3, 0.4) is 0 Å². The Morgan fingerprint density at radius 1 is 0.600 bits per heavy atom. The highest BCUT2D eigenvalue weighted by atomic mass is 16.6. The minimum Gasteiger partial charge on any atom is -0.379 e. The zero-order chi connectivity index (χ0) is 22.5. The van der Waals surface area contributed by atoms with Crippen LogP contribution in [-0.2, 0) is 38.1 Å². The Hall–Kier alpha value is -2.12. The molecule has 0 heterocycles. The van der Waals surface area contributed by atoms with Gasteiger partial charge in [0.15, 0.2) is 0 Å². The van der Waals surface area contributed by atoms with Gasteiger partial charge in [-0.05, 0) is 6.92 Å². The van der Waals surface area contributed by atoms with Gasteiger partial charge in [-0.25, -0.2) is 0 Å². The second-order valence-electron chi connectivity index (χ2n) is 6.02. The van der Waals surface area contributed by atoms with Gasteiger partial charge in [-0.1, -0.05) is 0 Å². The number of carbonyl (C=O) groups is 4. The fraction of sp³-hybridized carbons (Fsp3) is 0.778. The van der Waals surface area contributed by atoms with E-state index in [2.05, 4.69) is 16.0 Å². The third-order valence-electron chi connectivity index (χ3n) is 3.28. The highest BCUT2D eigenvalue weighted by Gasteiger charge is 2.08. The number of rotatable bonds is 20. The van der Waals surface area contributed by atoms with E-state index in [0.717, 1.165) is 0 Å². The van der Waals surface area contributed by atoms with Gasteiger partial charge < -0.3 is 40.6 Å². The van der Waals surface area contributed by atoms with E-state index in [1.54, 1.807) is 0 Å². The lowest BCUT2D eigenvalue weighted by atomic mass is 10.4. The topological polar surface area (TPSA) is 167 Å². The van der Waals surface area contributed by atoms with Crippen molar-refractivity contribution in [2.24, 2.45) is 5.73 Å². The summed E-state index contributed by atoms with van der Waals surface area (Å²) >= 11 is 0. The standard InChI is InChI=1S/C18H34N4O8/c1-15(23)12-20-17(25)14-22-18(26)13-21-16(24)2-4-27-6-8-29-10-11-30-9-7-28-5-3-19/h2-14,19H2,1H3,(H,20,25)(H,21,24)(H,22,26). The van der Waals surface area contributed by atoms with Gasteiger partial charge in [0.25, 0.3) is 0 Å². The summed E-state index contributed by atoms with van der Waals surface area (Å²) in [6, 6.07) is 0. The molecule has 0 saturated carbocycles. The number of hydrogen-bond acceptors (Lipinski definition) is 9. The molecule has 3 amide bonds. The van der Waals surface area contributed by atoms with Crippen molar-refractivity contribution in [3.8, 4) is 0 Å². The maximum Gasteiger partial charge on any atom is 0.239 e. The van der Waals surface area contributed by atoms with Crippen LogP contribution in [0.1, 0.15) is 13.3 Å². The van der Waals surface area contributed by atoms with Crippen LogP contribution in [0, 0.1) is 0 Å². The van der Waals surface area contributed by atoms with E-state index in [1.165, 1.54) is 6.92 Å². The molecule has 0 aromatic carbocycles. The number of ketones is 1. The summed E-state index contributed by atoms with van der Waals surface area (Å²) in [6.45, 7) is 4.52. The van der Waals surface area contributed by atoms with Crippen LogP contribution in [0.4, 0.5) is 0 Å². The molecule has 12 heteroatoms. The molecule has 0 aromatic heterocycles. The van der Waals surface area contributed by atoms with Gasteiger partial charge in [-0.15, -0.1) is 0 Å². The average Bonchev–Trinajstić information content (AvgIpc) is 2.72. The largest absolute Gasteiger partial charge is 0.379 e. The first-order valence-electron chi connectivity index (χ1n) is 9.76. The van der Waals surface area contributed by atoms with Gasteiger partial charge in [-0.2, -0.15) is 0 Å². The van der Waals surface area contributed by atoms with E-state index < -0.39 is 11.8 Å². The molecule has 12 nitrogen and oxygen atoms in total. The van der Waals surface area contributed by atoms with Crippen molar-refractivity contribution in [1.29, 1.82) is 0 Å². The van der Waals surface area contributed by atoms with Crippen molar-refractivity contribution in [2.75, 3.05) is 79.0 Å². The first-order chi connectivity index (χ1) is 14.5. The summed E-state index contributed by atoms with van der Waals surface area (Å²) in [5.74, 6) is -1.53. The summed E-state index contributed by atoms with van der Waals surface area (Å²) in [7, 11) is 0. The van der Waals surface area contributed by atoms with Crippen molar-refractivity contribution >= 4 is 23.5 Å². The zero-order valence-electron chi connectivity index (χ0n) is 17.5. The Morgan fingerprint density at radius 3 is 1.47 bits per heavy atom. The van der Waals surface area contributed by atoms with Crippen molar-refractivity contribution in [2.45, 2.75) is 13.3 Å². The second-order valence-corrected chi connectivity index (χ2v) is 6.02. The van der Waals surface area contributed by atoms with Crippen LogP contribution in [0.25, 0.3) is 0 Å². The number of hydrogen-bond donors (Lipinski definition) is 4. The van der Waals surface area contributed by atoms with E-state index in [1.807, 2.05) is 0 Å². The molecule has 174 valence electrons. The van der Waals surface area contributed by atoms with Crippen molar-refractivity contribution in [3.63, 3.8) is 0 Å². The number of amides is 3. The van der Waals surface area contributed by atoms with Crippen LogP contribution >= 0.6 is 0 Å². The van der Waals surface area contributed by atoms with Crippen LogP contribution < -0.4 is 21.7 Å². The molecule has 0 aliphatic rings. The predicted molar refractivity (Wildman–Crippen MR) is 107 cm³/mol. The highest BCUT2D eigenvalue weighted by molar-refractivity contribution is 5.89. The fourth-order valence-electron chi connectivity index (χ4n) is 1.80. The summed E-state index contributed by atoms with van der Waals surface area (Å²) in [4.78, 5) is 45.2. The third kappa shape index (κ3) is 20.6. The molecule has 0 saturated heterocycles. The molecule has 0 unspecified atom stereocenters. The molecule has 0 aromatic rings. The lowest BCUT2D eigenvalue weighted by Gasteiger charge is -2.08. The summed E-state index contributed by atoms with van der Waals surface area (Å²) in [5.41, 5.74) is 5.28. The monoisotopic (exact) mass is 434 g/mol. The summed E-state index contributed by atoms with van der Waals surface area (Å²) in [6.07, 6.45) is 0.0955. The SMILES string of the molecule is CC(=O)CNC(=O)CNC(=O)CNC(=O)CCOCCOCCOCCOCCN. The third-order valence-corrected chi connectivity index (χ3v) is 3.28. The molecule has 0 aliphatic carbocycles. The lowest BCUT2D eigenvalue weighted by molar-refractivity contribution is -0.128. The Morgan fingerprint density at radius 2 is 1.00 bits per heavy atom. The van der Waals surface area contributed by atoms with Crippen molar-refractivity contribution < 1.29 is 38.1 Å². The molecule has 0 spiro atoms. The molecule has 0 atom stereocenters. The molecule has 0 aliphatic heterocycles. The van der Waals surface area contributed by atoms with Gasteiger partial charge in [0, 0.05) is 13.0 Å². The molecular formula is C18H34N4O8. The minimum absolute atomic E-state index is 0.0880. The number of nitrogens with two attached hydrogens (primary N) is 1. The smallest absolute Gasteiger partial charge is 0.239 e.